The van der Waals surface area contributed by atoms with Gasteiger partial charge in [-0.25, -0.2) is 13.1 Å². The summed E-state index contributed by atoms with van der Waals surface area (Å²) in [4.78, 5) is 0. The zero-order valence-electron chi connectivity index (χ0n) is 5.17. The molecule has 0 aliphatic heterocycles. The molecule has 0 aromatic carbocycles. The molecule has 0 atom stereocenters. The van der Waals surface area contributed by atoms with Crippen LogP contribution in [0.4, 0.5) is 0 Å². The van der Waals surface area contributed by atoms with E-state index < -0.39 is 15.2 Å². The van der Waals surface area contributed by atoms with Crippen molar-refractivity contribution in [1.82, 2.24) is 4.72 Å². The largest absolute Gasteiger partial charge is 0.225 e. The number of halogens is 1. The first kappa shape index (κ1) is 9.69. The number of hydrogen-bond acceptors (Lipinski definition) is 3. The molecule has 0 rings (SSSR count). The number of nitriles is 1. The number of hydrogen-bond donors (Lipinski definition) is 1. The van der Waals surface area contributed by atoms with E-state index in [0.717, 1.165) is 0 Å². The Bertz CT molecular complexity index is 218. The Kier molecular flexibility index (Phi) is 4.36. The lowest BCUT2D eigenvalue weighted by Crippen LogP contribution is -2.25. The predicted octanol–water partition coefficient (Wildman–Crippen LogP) is 0.0158. The van der Waals surface area contributed by atoms with Crippen LogP contribution in [0, 0.1) is 11.3 Å². The van der Waals surface area contributed by atoms with E-state index in [9.17, 15) is 8.42 Å². The summed E-state index contributed by atoms with van der Waals surface area (Å²) < 4.78 is 23.2. The lowest BCUT2D eigenvalue weighted by molar-refractivity contribution is 0.587. The highest BCUT2D eigenvalue weighted by Crippen LogP contribution is 1.87. The Balaban J connectivity index is 3.61. The van der Waals surface area contributed by atoms with Crippen LogP contribution in [0.2, 0.25) is 0 Å². The third-order valence-electron chi connectivity index (χ3n) is 0.702. The number of alkyl halides is 1. The molecule has 0 unspecified atom stereocenters. The molecule has 10 heavy (non-hydrogen) atoms. The van der Waals surface area contributed by atoms with Crippen LogP contribution in [0.15, 0.2) is 0 Å². The molecule has 0 bridgehead atoms. The molecule has 0 aromatic heterocycles. The van der Waals surface area contributed by atoms with Crippen molar-refractivity contribution in [1.29, 1.82) is 5.26 Å². The fraction of sp³-hybridized carbons (Fsp3) is 0.750. The van der Waals surface area contributed by atoms with Crippen LogP contribution in [0.5, 0.6) is 0 Å². The average molecular weight is 183 g/mol. The van der Waals surface area contributed by atoms with Gasteiger partial charge in [0.1, 0.15) is 5.21 Å². The van der Waals surface area contributed by atoms with Crippen LogP contribution in [0.25, 0.3) is 0 Å². The van der Waals surface area contributed by atoms with Gasteiger partial charge in [0, 0.05) is 13.0 Å². The second-order valence-corrected chi connectivity index (χ2v) is 3.92. The zero-order valence-corrected chi connectivity index (χ0v) is 6.74. The SMILES string of the molecule is N#CCCNS(=O)(=O)CCl. The predicted molar refractivity (Wildman–Crippen MR) is 37.9 cm³/mol. The molecule has 0 saturated heterocycles. The number of nitrogens with zero attached hydrogens (tertiary/aromatic N) is 1. The maximum atomic E-state index is 10.5. The van der Waals surface area contributed by atoms with Crippen molar-refractivity contribution >= 4 is 21.6 Å². The van der Waals surface area contributed by atoms with E-state index in [4.69, 9.17) is 16.9 Å². The van der Waals surface area contributed by atoms with Gasteiger partial charge in [0.15, 0.2) is 0 Å². The Labute approximate surface area is 64.8 Å². The van der Waals surface area contributed by atoms with E-state index in [-0.39, 0.29) is 13.0 Å². The molecule has 0 aliphatic rings. The Morgan fingerprint density at radius 1 is 1.60 bits per heavy atom. The maximum Gasteiger partial charge on any atom is 0.225 e. The van der Waals surface area contributed by atoms with Gasteiger partial charge in [0.2, 0.25) is 10.0 Å². The molecule has 0 aromatic rings. The van der Waals surface area contributed by atoms with Crippen molar-refractivity contribution in [2.24, 2.45) is 0 Å². The monoisotopic (exact) mass is 182 g/mol. The first-order chi connectivity index (χ1) is 4.62. The van der Waals surface area contributed by atoms with Crippen molar-refractivity contribution in [3.63, 3.8) is 0 Å². The second-order valence-electron chi connectivity index (χ2n) is 1.53. The third-order valence-corrected chi connectivity index (χ3v) is 2.50. The van der Waals surface area contributed by atoms with E-state index in [2.05, 4.69) is 4.72 Å². The molecule has 6 heteroatoms. The van der Waals surface area contributed by atoms with Crippen molar-refractivity contribution in [2.75, 3.05) is 11.8 Å². The molecular weight excluding hydrogens is 176 g/mol. The minimum atomic E-state index is -3.33. The number of nitrogens with one attached hydrogen (secondary N) is 1. The van der Waals surface area contributed by atoms with Crippen LogP contribution < -0.4 is 4.72 Å². The fourth-order valence-corrected chi connectivity index (χ4v) is 1.02. The molecule has 1 N–H and O–H groups in total. The molecule has 0 radical (unpaired) electrons. The first-order valence-corrected chi connectivity index (χ1v) is 4.71. The van der Waals surface area contributed by atoms with Gasteiger partial charge in [-0.05, 0) is 0 Å². The molecule has 0 spiro atoms. The summed E-state index contributed by atoms with van der Waals surface area (Å²) in [5.74, 6) is 0. The van der Waals surface area contributed by atoms with Gasteiger partial charge in [0.05, 0.1) is 6.07 Å². The smallest absolute Gasteiger partial charge is 0.213 e. The second kappa shape index (κ2) is 4.50. The lowest BCUT2D eigenvalue weighted by atomic mass is 10.5. The highest BCUT2D eigenvalue weighted by molar-refractivity contribution is 7.90. The Morgan fingerprint density at radius 3 is 2.60 bits per heavy atom. The van der Waals surface area contributed by atoms with Crippen LogP contribution in [-0.4, -0.2) is 20.2 Å². The Hall–Kier alpha value is -0.310. The highest BCUT2D eigenvalue weighted by atomic mass is 35.5. The Morgan fingerprint density at radius 2 is 2.20 bits per heavy atom. The van der Waals surface area contributed by atoms with Crippen molar-refractivity contribution < 1.29 is 8.42 Å². The van der Waals surface area contributed by atoms with Gasteiger partial charge in [-0.2, -0.15) is 5.26 Å². The van der Waals surface area contributed by atoms with Gasteiger partial charge in [-0.15, -0.1) is 11.6 Å². The maximum absolute atomic E-state index is 10.5. The minimum absolute atomic E-state index is 0.131. The molecule has 0 aliphatic carbocycles. The molecule has 4 nitrogen and oxygen atoms in total. The summed E-state index contributed by atoms with van der Waals surface area (Å²) in [7, 11) is -3.33. The molecule has 58 valence electrons. The summed E-state index contributed by atoms with van der Waals surface area (Å²) in [5, 5.41) is 7.56. The zero-order chi connectivity index (χ0) is 8.04. The van der Waals surface area contributed by atoms with Gasteiger partial charge in [0.25, 0.3) is 0 Å². The van der Waals surface area contributed by atoms with Crippen LogP contribution >= 0.6 is 11.6 Å². The minimum Gasteiger partial charge on any atom is -0.213 e. The normalized spacial score (nSPS) is 10.8. The van der Waals surface area contributed by atoms with Gasteiger partial charge in [-0.1, -0.05) is 0 Å². The van der Waals surface area contributed by atoms with Crippen LogP contribution in [-0.2, 0) is 10.0 Å². The summed E-state index contributed by atoms with van der Waals surface area (Å²) in [6.07, 6.45) is 0.163. The van der Waals surface area contributed by atoms with E-state index in [0.29, 0.717) is 0 Å². The highest BCUT2D eigenvalue weighted by Gasteiger charge is 2.04. The standard InChI is InChI=1S/C4H7ClN2O2S/c5-4-10(8,9)7-3-1-2-6/h7H,1,3-4H2. The molecular formula is C4H7ClN2O2S. The summed E-state index contributed by atoms with van der Waals surface area (Å²) in [6.45, 7) is 0.131. The number of rotatable bonds is 4. The third kappa shape index (κ3) is 4.56. The van der Waals surface area contributed by atoms with Gasteiger partial charge >= 0.3 is 0 Å². The average Bonchev–Trinajstić information content (AvgIpc) is 1.89. The van der Waals surface area contributed by atoms with Crippen LogP contribution in [0.3, 0.4) is 0 Å². The van der Waals surface area contributed by atoms with E-state index in [1.165, 1.54) is 0 Å². The summed E-state index contributed by atoms with van der Waals surface area (Å²) in [6, 6.07) is 1.79. The van der Waals surface area contributed by atoms with Crippen LogP contribution in [0.1, 0.15) is 6.42 Å². The number of sulfonamides is 1. The van der Waals surface area contributed by atoms with Crippen molar-refractivity contribution in [3.8, 4) is 6.07 Å². The van der Waals surface area contributed by atoms with Crippen molar-refractivity contribution in [3.05, 3.63) is 0 Å². The quantitative estimate of drug-likeness (QED) is 0.492. The first-order valence-electron chi connectivity index (χ1n) is 2.52. The molecule has 0 fully saturated rings. The summed E-state index contributed by atoms with van der Waals surface area (Å²) >= 11 is 5.04. The summed E-state index contributed by atoms with van der Waals surface area (Å²) in [5.41, 5.74) is 0. The van der Waals surface area contributed by atoms with E-state index >= 15 is 0 Å². The lowest BCUT2D eigenvalue weighted by Gasteiger charge is -1.97. The van der Waals surface area contributed by atoms with E-state index in [1.54, 1.807) is 6.07 Å². The molecule has 0 amide bonds. The van der Waals surface area contributed by atoms with E-state index in [1.807, 2.05) is 0 Å². The fourth-order valence-electron chi connectivity index (χ4n) is 0.301. The van der Waals surface area contributed by atoms with Gasteiger partial charge < -0.3 is 0 Å². The van der Waals surface area contributed by atoms with Gasteiger partial charge in [-0.3, -0.25) is 0 Å². The molecule has 0 saturated carbocycles. The molecule has 0 heterocycles. The van der Waals surface area contributed by atoms with Crippen molar-refractivity contribution in [2.45, 2.75) is 6.42 Å². The topological polar surface area (TPSA) is 70.0 Å².